The van der Waals surface area contributed by atoms with Gasteiger partial charge in [0, 0.05) is 24.3 Å². The van der Waals surface area contributed by atoms with Crippen LogP contribution in [0.1, 0.15) is 11.5 Å². The van der Waals surface area contributed by atoms with Crippen LogP contribution in [0.15, 0.2) is 43.0 Å². The van der Waals surface area contributed by atoms with Crippen LogP contribution in [-0.2, 0) is 6.61 Å². The lowest BCUT2D eigenvalue weighted by Gasteiger charge is -2.07. The van der Waals surface area contributed by atoms with Crippen LogP contribution >= 0.6 is 0 Å². The van der Waals surface area contributed by atoms with E-state index in [1.807, 2.05) is 35.9 Å². The number of rotatable bonds is 3. The van der Waals surface area contributed by atoms with Crippen LogP contribution in [0, 0.1) is 6.92 Å². The average molecular weight is 306 g/mol. The molecule has 7 heteroatoms. The molecule has 0 bridgehead atoms. The molecule has 0 fully saturated rings. The Morgan fingerprint density at radius 3 is 2.87 bits per heavy atom. The highest BCUT2D eigenvalue weighted by Gasteiger charge is 2.11. The maximum Gasteiger partial charge on any atom is 0.164 e. The SMILES string of the molecule is Cc1cnc(-c2nccn2-c2ccc3nc(CO)[nH]c3c2)cn1. The van der Waals surface area contributed by atoms with Gasteiger partial charge in [0.05, 0.1) is 22.9 Å². The third-order valence-corrected chi connectivity index (χ3v) is 3.59. The van der Waals surface area contributed by atoms with E-state index < -0.39 is 0 Å². The Morgan fingerprint density at radius 2 is 2.09 bits per heavy atom. The van der Waals surface area contributed by atoms with E-state index in [1.165, 1.54) is 0 Å². The molecule has 0 spiro atoms. The Labute approximate surface area is 131 Å². The Kier molecular flexibility index (Phi) is 3.13. The minimum atomic E-state index is -0.112. The lowest BCUT2D eigenvalue weighted by atomic mass is 10.2. The number of hydrogen-bond acceptors (Lipinski definition) is 5. The fourth-order valence-corrected chi connectivity index (χ4v) is 2.48. The van der Waals surface area contributed by atoms with Gasteiger partial charge in [-0.3, -0.25) is 9.55 Å². The molecule has 0 radical (unpaired) electrons. The van der Waals surface area contributed by atoms with Crippen LogP contribution in [0.2, 0.25) is 0 Å². The van der Waals surface area contributed by atoms with Crippen molar-refractivity contribution in [2.24, 2.45) is 0 Å². The van der Waals surface area contributed by atoms with Gasteiger partial charge in [-0.25, -0.2) is 15.0 Å². The van der Waals surface area contributed by atoms with Crippen LogP contribution in [0.4, 0.5) is 0 Å². The smallest absolute Gasteiger partial charge is 0.164 e. The molecule has 23 heavy (non-hydrogen) atoms. The molecule has 0 unspecified atom stereocenters. The Hall–Kier alpha value is -3.06. The van der Waals surface area contributed by atoms with Crippen molar-refractivity contribution in [3.63, 3.8) is 0 Å². The highest BCUT2D eigenvalue weighted by Crippen LogP contribution is 2.22. The second-order valence-electron chi connectivity index (χ2n) is 5.21. The molecule has 0 aliphatic heterocycles. The first kappa shape index (κ1) is 13.6. The first-order chi connectivity index (χ1) is 11.2. The van der Waals surface area contributed by atoms with E-state index in [1.54, 1.807) is 18.6 Å². The van der Waals surface area contributed by atoms with Crippen molar-refractivity contribution in [3.8, 4) is 17.2 Å². The number of aromatic nitrogens is 6. The first-order valence-corrected chi connectivity index (χ1v) is 7.17. The number of fused-ring (bicyclic) bond motifs is 1. The number of nitrogens with one attached hydrogen (secondary N) is 1. The van der Waals surface area contributed by atoms with Gasteiger partial charge in [0.2, 0.25) is 0 Å². The zero-order valence-corrected chi connectivity index (χ0v) is 12.4. The fourth-order valence-electron chi connectivity index (χ4n) is 2.48. The highest BCUT2D eigenvalue weighted by atomic mass is 16.3. The molecule has 2 N–H and O–H groups in total. The second-order valence-corrected chi connectivity index (χ2v) is 5.21. The number of aliphatic hydroxyl groups is 1. The number of aliphatic hydroxyl groups excluding tert-OH is 1. The van der Waals surface area contributed by atoms with Gasteiger partial charge in [-0.2, -0.15) is 0 Å². The summed E-state index contributed by atoms with van der Waals surface area (Å²) in [7, 11) is 0. The lowest BCUT2D eigenvalue weighted by Crippen LogP contribution is -1.98. The minimum absolute atomic E-state index is 0.112. The van der Waals surface area contributed by atoms with Crippen molar-refractivity contribution < 1.29 is 5.11 Å². The Bertz CT molecular complexity index is 970. The van der Waals surface area contributed by atoms with Gasteiger partial charge in [-0.1, -0.05) is 0 Å². The molecule has 4 aromatic rings. The molecule has 0 aliphatic carbocycles. The Morgan fingerprint density at radius 1 is 1.17 bits per heavy atom. The number of aryl methyl sites for hydroxylation is 1. The van der Waals surface area contributed by atoms with E-state index in [4.69, 9.17) is 0 Å². The standard InChI is InChI=1S/C16H14N6O/c1-10-7-19-14(8-18-10)16-17-4-5-22(16)11-2-3-12-13(6-11)21-15(9-23)20-12/h2-8,23H,9H2,1H3,(H,20,21). The molecule has 0 atom stereocenters. The van der Waals surface area contributed by atoms with Crippen molar-refractivity contribution >= 4 is 11.0 Å². The molecular formula is C16H14N6O. The van der Waals surface area contributed by atoms with Crippen LogP contribution in [-0.4, -0.2) is 34.6 Å². The highest BCUT2D eigenvalue weighted by molar-refractivity contribution is 5.78. The van der Waals surface area contributed by atoms with E-state index in [0.717, 1.165) is 28.2 Å². The topological polar surface area (TPSA) is 92.5 Å². The fraction of sp³-hybridized carbons (Fsp3) is 0.125. The summed E-state index contributed by atoms with van der Waals surface area (Å²) in [6.45, 7) is 1.79. The largest absolute Gasteiger partial charge is 0.388 e. The summed E-state index contributed by atoms with van der Waals surface area (Å²) >= 11 is 0. The maximum absolute atomic E-state index is 9.18. The van der Waals surface area contributed by atoms with E-state index in [2.05, 4.69) is 24.9 Å². The van der Waals surface area contributed by atoms with Gasteiger partial charge in [-0.15, -0.1) is 0 Å². The van der Waals surface area contributed by atoms with Gasteiger partial charge in [-0.05, 0) is 25.1 Å². The summed E-state index contributed by atoms with van der Waals surface area (Å²) in [4.78, 5) is 20.4. The molecule has 1 aromatic carbocycles. The normalized spacial score (nSPS) is 11.2. The molecule has 7 nitrogen and oxygen atoms in total. The number of hydrogen-bond donors (Lipinski definition) is 2. The monoisotopic (exact) mass is 306 g/mol. The second kappa shape index (κ2) is 5.29. The molecule has 3 aromatic heterocycles. The van der Waals surface area contributed by atoms with Crippen molar-refractivity contribution in [2.45, 2.75) is 13.5 Å². The van der Waals surface area contributed by atoms with Crippen LogP contribution in [0.3, 0.4) is 0 Å². The zero-order valence-electron chi connectivity index (χ0n) is 12.4. The quantitative estimate of drug-likeness (QED) is 0.604. The number of aromatic amines is 1. The van der Waals surface area contributed by atoms with Crippen molar-refractivity contribution in [1.29, 1.82) is 0 Å². The van der Waals surface area contributed by atoms with Gasteiger partial charge < -0.3 is 10.1 Å². The molecular weight excluding hydrogens is 292 g/mol. The molecule has 0 saturated heterocycles. The summed E-state index contributed by atoms with van der Waals surface area (Å²) in [5, 5.41) is 9.18. The van der Waals surface area contributed by atoms with Gasteiger partial charge in [0.25, 0.3) is 0 Å². The molecule has 3 heterocycles. The van der Waals surface area contributed by atoms with E-state index in [9.17, 15) is 5.11 Å². The van der Waals surface area contributed by atoms with Crippen LogP contribution in [0.5, 0.6) is 0 Å². The minimum Gasteiger partial charge on any atom is -0.388 e. The summed E-state index contributed by atoms with van der Waals surface area (Å²) in [5.74, 6) is 1.27. The van der Waals surface area contributed by atoms with Gasteiger partial charge in [0.15, 0.2) is 5.82 Å². The number of imidazole rings is 2. The third-order valence-electron chi connectivity index (χ3n) is 3.59. The van der Waals surface area contributed by atoms with E-state index in [-0.39, 0.29) is 6.61 Å². The molecule has 4 rings (SSSR count). The maximum atomic E-state index is 9.18. The van der Waals surface area contributed by atoms with Crippen molar-refractivity contribution in [1.82, 2.24) is 29.5 Å². The number of H-pyrrole nitrogens is 1. The Balaban J connectivity index is 1.82. The summed E-state index contributed by atoms with van der Waals surface area (Å²) in [5.41, 5.74) is 4.18. The van der Waals surface area contributed by atoms with Crippen molar-refractivity contribution in [3.05, 3.63) is 54.5 Å². The molecule has 0 saturated carbocycles. The van der Waals surface area contributed by atoms with Gasteiger partial charge >= 0.3 is 0 Å². The van der Waals surface area contributed by atoms with E-state index in [0.29, 0.717) is 11.5 Å². The van der Waals surface area contributed by atoms with Crippen molar-refractivity contribution in [2.75, 3.05) is 0 Å². The molecule has 0 aliphatic rings. The average Bonchev–Trinajstić information content (AvgIpc) is 3.21. The lowest BCUT2D eigenvalue weighted by molar-refractivity contribution is 0.273. The third kappa shape index (κ3) is 2.36. The van der Waals surface area contributed by atoms with Crippen LogP contribution in [0.25, 0.3) is 28.2 Å². The molecule has 114 valence electrons. The first-order valence-electron chi connectivity index (χ1n) is 7.17. The summed E-state index contributed by atoms with van der Waals surface area (Å²) in [6.07, 6.45) is 7.04. The summed E-state index contributed by atoms with van der Waals surface area (Å²) in [6, 6.07) is 5.83. The van der Waals surface area contributed by atoms with Crippen LogP contribution < -0.4 is 0 Å². The number of nitrogens with zero attached hydrogens (tertiary/aromatic N) is 5. The predicted molar refractivity (Wildman–Crippen MR) is 84.9 cm³/mol. The summed E-state index contributed by atoms with van der Waals surface area (Å²) < 4.78 is 1.94. The zero-order chi connectivity index (χ0) is 15.8. The van der Waals surface area contributed by atoms with Gasteiger partial charge in [0.1, 0.15) is 18.1 Å². The predicted octanol–water partition coefficient (Wildman–Crippen LogP) is 2.01. The molecule has 0 amide bonds. The van der Waals surface area contributed by atoms with E-state index >= 15 is 0 Å². The number of benzene rings is 1.